The van der Waals surface area contributed by atoms with Crippen molar-refractivity contribution in [1.82, 2.24) is 40.5 Å². The number of aromatic amines is 1. The van der Waals surface area contributed by atoms with Crippen molar-refractivity contribution < 1.29 is 38.1 Å². The lowest BCUT2D eigenvalue weighted by Gasteiger charge is -2.36. The van der Waals surface area contributed by atoms with Gasteiger partial charge in [-0.25, -0.2) is 9.37 Å². The number of aliphatic hydroxyl groups excluding tert-OH is 1. The summed E-state index contributed by atoms with van der Waals surface area (Å²) in [5, 5.41) is 30.3. The summed E-state index contributed by atoms with van der Waals surface area (Å²) in [6.07, 6.45) is 3.39. The number of nitrogens with zero attached hydrogens (tertiary/aromatic N) is 6. The number of hydrogen-bond donors (Lipinski definition) is 5. The van der Waals surface area contributed by atoms with Crippen LogP contribution in [0.4, 0.5) is 15.8 Å². The quantitative estimate of drug-likeness (QED) is 0.104. The summed E-state index contributed by atoms with van der Waals surface area (Å²) in [7, 11) is 3.26. The van der Waals surface area contributed by atoms with E-state index in [-0.39, 0.29) is 31.4 Å². The second kappa shape index (κ2) is 19.4. The highest BCUT2D eigenvalue weighted by Crippen LogP contribution is 2.33. The van der Waals surface area contributed by atoms with Crippen LogP contribution in [0.5, 0.6) is 5.75 Å². The van der Waals surface area contributed by atoms with Crippen LogP contribution in [0, 0.1) is 11.2 Å². The summed E-state index contributed by atoms with van der Waals surface area (Å²) in [6.45, 7) is 8.08. The van der Waals surface area contributed by atoms with Crippen molar-refractivity contribution >= 4 is 35.0 Å². The van der Waals surface area contributed by atoms with E-state index in [2.05, 4.69) is 41.1 Å². The minimum atomic E-state index is -1.02. The molecule has 7 rings (SSSR count). The monoisotopic (exact) mass is 878 g/mol. The van der Waals surface area contributed by atoms with Gasteiger partial charge in [0.15, 0.2) is 0 Å². The maximum atomic E-state index is 15.2. The van der Waals surface area contributed by atoms with Crippen LogP contribution in [0.15, 0.2) is 79.1 Å². The Balaban J connectivity index is 0.903. The number of aromatic nitrogens is 5. The van der Waals surface area contributed by atoms with Crippen LogP contribution < -0.4 is 25.6 Å². The number of carbonyl (C=O) groups excluding carboxylic acids is 4. The Morgan fingerprint density at radius 1 is 1.00 bits per heavy atom. The average molecular weight is 879 g/mol. The molecule has 0 radical (unpaired) electrons. The van der Waals surface area contributed by atoms with E-state index in [1.54, 1.807) is 79.6 Å². The molecule has 338 valence electrons. The number of halogens is 1. The molecule has 0 unspecified atom stereocenters. The van der Waals surface area contributed by atoms with Gasteiger partial charge in [0.05, 0.1) is 42.4 Å². The van der Waals surface area contributed by atoms with Crippen LogP contribution in [-0.2, 0) is 26.2 Å². The van der Waals surface area contributed by atoms with Gasteiger partial charge in [-0.3, -0.25) is 29.0 Å². The van der Waals surface area contributed by atoms with Crippen molar-refractivity contribution in [2.75, 3.05) is 43.6 Å². The molecule has 2 fully saturated rings. The van der Waals surface area contributed by atoms with E-state index in [0.29, 0.717) is 65.6 Å². The molecule has 5 N–H and O–H groups in total. The molecule has 5 aromatic rings. The first-order chi connectivity index (χ1) is 30.6. The standard InChI is InChI=1S/C46H55FN10O7/c1-27(28-10-12-32(33(47)22-28)38-15-19-49-55(38)5)50-44(61)39-24-30(58)25-57(39)45(62)42(46(2,3)4)53-41(59)26-64-31-16-20-56(21-17-31)29-11-13-36(40(23-29)63-6)52-43(60)37-9-7-8-34(51-37)35-14-18-48-54-35/h7-15,18-19,22-23,27,30-31,39,42,58H,16-17,20-21,24-26H2,1-6H3,(H,48,54)(H,50,61)(H,52,60)(H,53,59)/t27-,30-,39+,42-/m1/s1. The molecule has 64 heavy (non-hydrogen) atoms. The number of rotatable bonds is 14. The molecule has 0 bridgehead atoms. The third-order valence-electron chi connectivity index (χ3n) is 11.7. The van der Waals surface area contributed by atoms with Gasteiger partial charge in [0.2, 0.25) is 17.7 Å². The summed E-state index contributed by atoms with van der Waals surface area (Å²) in [5.74, 6) is -1.85. The van der Waals surface area contributed by atoms with E-state index in [1.807, 2.05) is 32.9 Å². The highest BCUT2D eigenvalue weighted by atomic mass is 19.1. The van der Waals surface area contributed by atoms with Crippen LogP contribution >= 0.6 is 0 Å². The maximum absolute atomic E-state index is 15.2. The van der Waals surface area contributed by atoms with Crippen molar-refractivity contribution in [2.45, 2.75) is 77.3 Å². The SMILES string of the molecule is COc1cc(N2CCC(OCC(=O)N[C@H](C(=O)N3C[C@H](O)C[C@H]3C(=O)N[C@H](C)c3ccc(-c4ccnn4C)c(F)c3)C(C)(C)C)CC2)ccc1NC(=O)c1cccc(-c2cc[nH]n2)n1. The fourth-order valence-electron chi connectivity index (χ4n) is 8.11. The molecule has 2 aliphatic rings. The minimum Gasteiger partial charge on any atom is -0.494 e. The maximum Gasteiger partial charge on any atom is 0.274 e. The van der Waals surface area contributed by atoms with Crippen LogP contribution in [0.1, 0.15) is 69.1 Å². The minimum absolute atomic E-state index is 0.0125. The number of methoxy groups -OCH3 is 1. The molecule has 17 nitrogen and oxygen atoms in total. The van der Waals surface area contributed by atoms with Gasteiger partial charge in [-0.1, -0.05) is 32.9 Å². The van der Waals surface area contributed by atoms with E-state index in [4.69, 9.17) is 9.47 Å². The first-order valence-electron chi connectivity index (χ1n) is 21.3. The third kappa shape index (κ3) is 10.4. The lowest BCUT2D eigenvalue weighted by molar-refractivity contribution is -0.145. The summed E-state index contributed by atoms with van der Waals surface area (Å²) in [4.78, 5) is 62.3. The fourth-order valence-corrected chi connectivity index (χ4v) is 8.11. The van der Waals surface area contributed by atoms with E-state index in [0.717, 1.165) is 5.69 Å². The molecule has 2 saturated heterocycles. The van der Waals surface area contributed by atoms with Crippen molar-refractivity contribution in [3.05, 3.63) is 96.2 Å². The molecular formula is C46H55FN10O7. The van der Waals surface area contributed by atoms with Crippen LogP contribution in [0.3, 0.4) is 0 Å². The van der Waals surface area contributed by atoms with Gasteiger partial charge >= 0.3 is 0 Å². The number of aliphatic hydroxyl groups is 1. The molecule has 5 heterocycles. The molecule has 2 aromatic carbocycles. The summed E-state index contributed by atoms with van der Waals surface area (Å²) >= 11 is 0. The second-order valence-corrected chi connectivity index (χ2v) is 17.3. The van der Waals surface area contributed by atoms with Gasteiger partial charge in [-0.05, 0) is 79.3 Å². The molecule has 0 saturated carbocycles. The number of pyridine rings is 1. The van der Waals surface area contributed by atoms with Crippen molar-refractivity contribution in [3.8, 4) is 28.4 Å². The van der Waals surface area contributed by atoms with Gasteiger partial charge in [0.25, 0.3) is 5.91 Å². The Kier molecular flexibility index (Phi) is 13.7. The molecule has 0 spiro atoms. The molecular weight excluding hydrogens is 824 g/mol. The number of amides is 4. The van der Waals surface area contributed by atoms with E-state index in [9.17, 15) is 24.3 Å². The number of aryl methyl sites for hydroxylation is 1. The number of anilines is 2. The number of nitrogens with one attached hydrogen (secondary N) is 4. The summed E-state index contributed by atoms with van der Waals surface area (Å²) in [6, 6.07) is 16.3. The Bertz CT molecular complexity index is 2460. The average Bonchev–Trinajstić information content (AvgIpc) is 4.07. The predicted octanol–water partition coefficient (Wildman–Crippen LogP) is 4.63. The Hall–Kier alpha value is -6.66. The predicted molar refractivity (Wildman–Crippen MR) is 237 cm³/mol. The van der Waals surface area contributed by atoms with E-state index < -0.39 is 59.1 Å². The number of ether oxygens (including phenoxy) is 2. The number of β-amino-alcohol motifs (C(OH)–C–C–N with tert-alkyl or cyclic N) is 1. The highest BCUT2D eigenvalue weighted by Gasteiger charge is 2.45. The van der Waals surface area contributed by atoms with Crippen LogP contribution in [0.2, 0.25) is 0 Å². The number of H-pyrrole nitrogens is 1. The summed E-state index contributed by atoms with van der Waals surface area (Å²) < 4.78 is 28.5. The molecule has 3 aromatic heterocycles. The molecule has 4 atom stereocenters. The lowest BCUT2D eigenvalue weighted by atomic mass is 9.85. The highest BCUT2D eigenvalue weighted by molar-refractivity contribution is 6.04. The second-order valence-electron chi connectivity index (χ2n) is 17.3. The van der Waals surface area contributed by atoms with Gasteiger partial charge in [-0.2, -0.15) is 10.2 Å². The van der Waals surface area contributed by atoms with Crippen LogP contribution in [0.25, 0.3) is 22.6 Å². The fraction of sp³-hybridized carbons (Fsp3) is 0.413. The first-order valence-corrected chi connectivity index (χ1v) is 21.3. The number of carbonyl (C=O) groups is 4. The Labute approximate surface area is 370 Å². The van der Waals surface area contributed by atoms with Crippen molar-refractivity contribution in [1.29, 1.82) is 0 Å². The molecule has 2 aliphatic heterocycles. The number of benzene rings is 2. The van der Waals surface area contributed by atoms with Gasteiger partial charge in [-0.15, -0.1) is 0 Å². The number of hydrogen-bond acceptors (Lipinski definition) is 11. The van der Waals surface area contributed by atoms with Crippen LogP contribution in [-0.4, -0.2) is 116 Å². The van der Waals surface area contributed by atoms with Crippen molar-refractivity contribution in [3.63, 3.8) is 0 Å². The van der Waals surface area contributed by atoms with Gasteiger partial charge in [0.1, 0.15) is 41.6 Å². The zero-order valence-corrected chi connectivity index (χ0v) is 36.8. The molecule has 18 heteroatoms. The summed E-state index contributed by atoms with van der Waals surface area (Å²) in [5.41, 5.74) is 3.57. The first kappa shape index (κ1) is 45.4. The largest absolute Gasteiger partial charge is 0.494 e. The normalized spacial score (nSPS) is 17.8. The van der Waals surface area contributed by atoms with E-state index >= 15 is 4.39 Å². The number of likely N-dealkylation sites (tertiary alicyclic amines) is 1. The number of piperidine rings is 1. The smallest absolute Gasteiger partial charge is 0.274 e. The van der Waals surface area contributed by atoms with Gasteiger partial charge < -0.3 is 40.3 Å². The molecule has 0 aliphatic carbocycles. The Morgan fingerprint density at radius 2 is 1.78 bits per heavy atom. The zero-order chi connectivity index (χ0) is 45.7. The zero-order valence-electron chi connectivity index (χ0n) is 36.8. The topological polar surface area (TPSA) is 209 Å². The van der Waals surface area contributed by atoms with Gasteiger partial charge in [0, 0.05) is 62.8 Å². The van der Waals surface area contributed by atoms with Crippen molar-refractivity contribution in [2.24, 2.45) is 12.5 Å². The third-order valence-corrected chi connectivity index (χ3v) is 11.7. The Morgan fingerprint density at radius 3 is 2.45 bits per heavy atom. The lowest BCUT2D eigenvalue weighted by Crippen LogP contribution is -2.58. The molecule has 4 amide bonds. The van der Waals surface area contributed by atoms with E-state index in [1.165, 1.54) is 18.1 Å².